The van der Waals surface area contributed by atoms with Crippen LogP contribution in [0.5, 0.6) is 0 Å². The molecule has 0 saturated heterocycles. The van der Waals surface area contributed by atoms with E-state index in [2.05, 4.69) is 38.2 Å². The molecule has 0 radical (unpaired) electrons. The van der Waals surface area contributed by atoms with E-state index in [0.717, 1.165) is 23.7 Å². The third kappa shape index (κ3) is 7.58. The van der Waals surface area contributed by atoms with E-state index in [0.29, 0.717) is 0 Å². The number of hydrogen-bond donors (Lipinski definition) is 0. The number of hydrogen-bond acceptors (Lipinski definition) is 0. The van der Waals surface area contributed by atoms with Crippen LogP contribution in [0.3, 0.4) is 0 Å². The summed E-state index contributed by atoms with van der Waals surface area (Å²) in [7, 11) is 0. The summed E-state index contributed by atoms with van der Waals surface area (Å²) in [6.07, 6.45) is 29.9. The second-order valence-corrected chi connectivity index (χ2v) is 8.67. The van der Waals surface area contributed by atoms with Crippen molar-refractivity contribution in [1.82, 2.24) is 0 Å². The van der Waals surface area contributed by atoms with E-state index in [4.69, 9.17) is 0 Å². The van der Waals surface area contributed by atoms with Crippen molar-refractivity contribution in [2.45, 2.75) is 104 Å². The third-order valence-electron chi connectivity index (χ3n) is 6.82. The highest BCUT2D eigenvalue weighted by molar-refractivity contribution is 4.84. The largest absolute Gasteiger partial charge is 0.0917 e. The molecule has 2 rings (SSSR count). The van der Waals surface area contributed by atoms with E-state index in [1.807, 2.05) is 0 Å². The van der Waals surface area contributed by atoms with Crippen LogP contribution in [0.2, 0.25) is 0 Å². The zero-order valence-electron chi connectivity index (χ0n) is 16.5. The van der Waals surface area contributed by atoms with Gasteiger partial charge in [0.25, 0.3) is 0 Å². The number of rotatable bonds is 9. The summed E-state index contributed by atoms with van der Waals surface area (Å²) in [6.45, 7) is 4.31. The highest BCUT2D eigenvalue weighted by Crippen LogP contribution is 2.36. The van der Waals surface area contributed by atoms with Gasteiger partial charge in [-0.1, -0.05) is 75.7 Å². The van der Waals surface area contributed by atoms with Gasteiger partial charge in [0.1, 0.15) is 0 Å². The first-order chi connectivity index (χ1) is 11.8. The minimum atomic E-state index is 0.996. The monoisotopic (exact) mass is 330 g/mol. The van der Waals surface area contributed by atoms with E-state index in [9.17, 15) is 0 Å². The Bertz CT molecular complexity index is 312. The van der Waals surface area contributed by atoms with Gasteiger partial charge in [-0.15, -0.1) is 0 Å². The first-order valence-electron chi connectivity index (χ1n) is 11.0. The van der Waals surface area contributed by atoms with E-state index in [-0.39, 0.29) is 0 Å². The van der Waals surface area contributed by atoms with Crippen molar-refractivity contribution < 1.29 is 0 Å². The Morgan fingerprint density at radius 3 is 1.21 bits per heavy atom. The molecule has 0 atom stereocenters. The molecule has 2 aliphatic rings. The van der Waals surface area contributed by atoms with Crippen molar-refractivity contribution >= 4 is 0 Å². The molecule has 0 N–H and O–H groups in total. The minimum Gasteiger partial charge on any atom is -0.0917 e. The molecule has 0 heterocycles. The fourth-order valence-corrected chi connectivity index (χ4v) is 5.03. The maximum absolute atomic E-state index is 2.37. The van der Waals surface area contributed by atoms with Gasteiger partial charge >= 0.3 is 0 Å². The highest BCUT2D eigenvalue weighted by Gasteiger charge is 2.21. The summed E-state index contributed by atoms with van der Waals surface area (Å²) in [5.74, 6) is 4.11. The second kappa shape index (κ2) is 11.9. The topological polar surface area (TPSA) is 0 Å². The standard InChI is InChI=1S/C24H42/c1-3-5-9-21-13-17-23(18-14-21)11-7-8-12-24-19-15-22(16-20-24)10-6-4-2/h3-6,21-24H,7-20H2,1-2H3/b5-3-,6-4-. The lowest BCUT2D eigenvalue weighted by Gasteiger charge is -2.29. The predicted octanol–water partition coefficient (Wildman–Crippen LogP) is 8.09. The van der Waals surface area contributed by atoms with Crippen LogP contribution in [0.1, 0.15) is 104 Å². The molecule has 0 aliphatic heterocycles. The molecule has 0 unspecified atom stereocenters. The van der Waals surface area contributed by atoms with Gasteiger partial charge in [0.05, 0.1) is 0 Å². The first-order valence-corrected chi connectivity index (χ1v) is 11.0. The molecule has 0 nitrogen and oxygen atoms in total. The Kier molecular flexibility index (Phi) is 9.85. The Morgan fingerprint density at radius 2 is 0.875 bits per heavy atom. The van der Waals surface area contributed by atoms with Crippen LogP contribution >= 0.6 is 0 Å². The van der Waals surface area contributed by atoms with Gasteiger partial charge < -0.3 is 0 Å². The summed E-state index contributed by atoms with van der Waals surface area (Å²) in [5, 5.41) is 0. The quantitative estimate of drug-likeness (QED) is 0.296. The minimum absolute atomic E-state index is 0.996. The molecule has 2 aliphatic carbocycles. The van der Waals surface area contributed by atoms with E-state index < -0.39 is 0 Å². The maximum Gasteiger partial charge on any atom is -0.0322 e. The normalized spacial score (nSPS) is 31.9. The second-order valence-electron chi connectivity index (χ2n) is 8.67. The van der Waals surface area contributed by atoms with Crippen molar-refractivity contribution in [3.05, 3.63) is 24.3 Å². The Morgan fingerprint density at radius 1 is 0.542 bits per heavy atom. The van der Waals surface area contributed by atoms with Crippen LogP contribution in [0.15, 0.2) is 24.3 Å². The lowest BCUT2D eigenvalue weighted by Crippen LogP contribution is -2.15. The Labute approximate surface area is 152 Å². The Hall–Kier alpha value is -0.520. The molecule has 0 amide bonds. The summed E-state index contributed by atoms with van der Waals surface area (Å²) >= 11 is 0. The maximum atomic E-state index is 2.37. The molecule has 0 heteroatoms. The summed E-state index contributed by atoms with van der Waals surface area (Å²) in [5.41, 5.74) is 0. The Balaban J connectivity index is 1.47. The van der Waals surface area contributed by atoms with Crippen LogP contribution in [-0.4, -0.2) is 0 Å². The summed E-state index contributed by atoms with van der Waals surface area (Å²) in [6, 6.07) is 0. The fraction of sp³-hybridized carbons (Fsp3) is 0.833. The average molecular weight is 331 g/mol. The molecular weight excluding hydrogens is 288 g/mol. The van der Waals surface area contributed by atoms with E-state index in [1.165, 1.54) is 89.9 Å². The molecule has 0 spiro atoms. The van der Waals surface area contributed by atoms with Crippen LogP contribution in [0, 0.1) is 23.7 Å². The fourth-order valence-electron chi connectivity index (χ4n) is 5.03. The van der Waals surface area contributed by atoms with Crippen LogP contribution in [0.25, 0.3) is 0 Å². The highest BCUT2D eigenvalue weighted by atomic mass is 14.3. The van der Waals surface area contributed by atoms with Crippen molar-refractivity contribution in [2.24, 2.45) is 23.7 Å². The van der Waals surface area contributed by atoms with E-state index >= 15 is 0 Å². The van der Waals surface area contributed by atoms with Gasteiger partial charge in [-0.2, -0.15) is 0 Å². The van der Waals surface area contributed by atoms with Gasteiger partial charge in [0, 0.05) is 0 Å². The van der Waals surface area contributed by atoms with Crippen molar-refractivity contribution in [3.8, 4) is 0 Å². The van der Waals surface area contributed by atoms with Gasteiger partial charge in [0.2, 0.25) is 0 Å². The van der Waals surface area contributed by atoms with E-state index in [1.54, 1.807) is 0 Å². The molecule has 2 fully saturated rings. The number of allylic oxidation sites excluding steroid dienone is 4. The zero-order valence-corrected chi connectivity index (χ0v) is 16.5. The van der Waals surface area contributed by atoms with Crippen LogP contribution < -0.4 is 0 Å². The molecule has 0 aromatic carbocycles. The lowest BCUT2D eigenvalue weighted by molar-refractivity contribution is 0.243. The van der Waals surface area contributed by atoms with Crippen LogP contribution in [0.4, 0.5) is 0 Å². The van der Waals surface area contributed by atoms with Crippen molar-refractivity contribution in [2.75, 3.05) is 0 Å². The SMILES string of the molecule is C/C=C\CC1CCC(CCCCC2CCC(C/C=C\C)CC2)CC1. The van der Waals surface area contributed by atoms with Crippen molar-refractivity contribution in [1.29, 1.82) is 0 Å². The molecular formula is C24H42. The third-order valence-corrected chi connectivity index (χ3v) is 6.82. The molecule has 2 saturated carbocycles. The smallest absolute Gasteiger partial charge is 0.0322 e. The first kappa shape index (κ1) is 19.8. The van der Waals surface area contributed by atoms with Gasteiger partial charge in [0.15, 0.2) is 0 Å². The lowest BCUT2D eigenvalue weighted by atomic mass is 9.77. The average Bonchev–Trinajstić information content (AvgIpc) is 2.64. The zero-order chi connectivity index (χ0) is 17.0. The van der Waals surface area contributed by atoms with Gasteiger partial charge in [-0.25, -0.2) is 0 Å². The molecule has 0 aromatic rings. The molecule has 138 valence electrons. The molecule has 0 aromatic heterocycles. The summed E-state index contributed by atoms with van der Waals surface area (Å²) in [4.78, 5) is 0. The molecule has 0 bridgehead atoms. The van der Waals surface area contributed by atoms with Gasteiger partial charge in [-0.3, -0.25) is 0 Å². The van der Waals surface area contributed by atoms with Crippen LogP contribution in [-0.2, 0) is 0 Å². The number of unbranched alkanes of at least 4 members (excludes halogenated alkanes) is 1. The van der Waals surface area contributed by atoms with Gasteiger partial charge in [-0.05, 0) is 76.0 Å². The molecule has 24 heavy (non-hydrogen) atoms. The predicted molar refractivity (Wildman–Crippen MR) is 108 cm³/mol. The summed E-state index contributed by atoms with van der Waals surface area (Å²) < 4.78 is 0. The van der Waals surface area contributed by atoms with Crippen molar-refractivity contribution in [3.63, 3.8) is 0 Å².